The molecule has 0 spiro atoms. The maximum absolute atomic E-state index is 4.15. The van der Waals surface area contributed by atoms with Gasteiger partial charge in [0.1, 0.15) is 0 Å². The van der Waals surface area contributed by atoms with Gasteiger partial charge in [0.15, 0.2) is 0 Å². The molecule has 0 bridgehead atoms. The largest absolute Gasteiger partial charge is 0.103 e. The van der Waals surface area contributed by atoms with Crippen molar-refractivity contribution in [2.45, 2.75) is 77.1 Å². The lowest BCUT2D eigenvalue weighted by molar-refractivity contribution is 0.526. The molecule has 0 nitrogen and oxygen atoms in total. The van der Waals surface area contributed by atoms with Crippen molar-refractivity contribution >= 4 is 24.2 Å². The summed E-state index contributed by atoms with van der Waals surface area (Å²) in [5.74, 6) is 0. The zero-order valence-electron chi connectivity index (χ0n) is 14.4. The van der Waals surface area contributed by atoms with Crippen LogP contribution in [-0.2, 0) is 0 Å². The predicted octanol–water partition coefficient (Wildman–Crippen LogP) is 6.10. The van der Waals surface area contributed by atoms with Crippen LogP contribution < -0.4 is 0 Å². The molecular formula is C15H36Si3. The normalized spacial score (nSPS) is 17.4. The molecule has 0 aromatic rings. The second-order valence-electron chi connectivity index (χ2n) is 9.67. The Kier molecular flexibility index (Phi) is 5.92. The molecule has 18 heavy (non-hydrogen) atoms. The van der Waals surface area contributed by atoms with E-state index in [0.29, 0.717) is 5.41 Å². The monoisotopic (exact) mass is 300 g/mol. The number of rotatable bonds is 7. The van der Waals surface area contributed by atoms with Crippen molar-refractivity contribution in [2.24, 2.45) is 5.41 Å². The highest BCUT2D eigenvalue weighted by molar-refractivity contribution is 6.94. The molecule has 0 heterocycles. The van der Waals surface area contributed by atoms with E-state index in [4.69, 9.17) is 0 Å². The van der Waals surface area contributed by atoms with Crippen LogP contribution in [0.3, 0.4) is 0 Å². The highest BCUT2D eigenvalue weighted by Crippen LogP contribution is 2.40. The summed E-state index contributed by atoms with van der Waals surface area (Å²) in [6, 6.07) is 2.82. The van der Waals surface area contributed by atoms with Crippen molar-refractivity contribution in [3.8, 4) is 0 Å². The van der Waals surface area contributed by atoms with Crippen molar-refractivity contribution in [3.05, 3.63) is 12.7 Å². The highest BCUT2D eigenvalue weighted by atomic mass is 28.4. The summed E-state index contributed by atoms with van der Waals surface area (Å²) in [5.41, 5.74) is 1.94. The van der Waals surface area contributed by atoms with E-state index in [2.05, 4.69) is 72.0 Å². The number of hydrogen-bond donors (Lipinski definition) is 0. The second-order valence-corrected chi connectivity index (χ2v) is 26.4. The molecular weight excluding hydrogens is 264 g/mol. The average molecular weight is 301 g/mol. The summed E-state index contributed by atoms with van der Waals surface area (Å²) in [7, 11) is -3.02. The van der Waals surface area contributed by atoms with Gasteiger partial charge in [-0.2, -0.15) is 0 Å². The molecule has 1 atom stereocenters. The lowest BCUT2D eigenvalue weighted by atomic mass is 9.96. The Hall–Kier alpha value is 0.391. The van der Waals surface area contributed by atoms with Crippen LogP contribution in [0.15, 0.2) is 12.7 Å². The maximum atomic E-state index is 4.15. The molecule has 0 N–H and O–H groups in total. The zero-order chi connectivity index (χ0) is 14.8. The Labute approximate surface area is 119 Å². The summed E-state index contributed by atoms with van der Waals surface area (Å²) in [4.78, 5) is 0. The quantitative estimate of drug-likeness (QED) is 0.393. The van der Waals surface area contributed by atoms with Gasteiger partial charge in [0, 0.05) is 24.2 Å². The molecule has 1 unspecified atom stereocenters. The van der Waals surface area contributed by atoms with Crippen LogP contribution in [0.2, 0.25) is 70.1 Å². The second kappa shape index (κ2) is 5.80. The van der Waals surface area contributed by atoms with Crippen LogP contribution in [0.1, 0.15) is 6.92 Å². The molecule has 0 aliphatic heterocycles. The number of hydrogen-bond acceptors (Lipinski definition) is 0. The fourth-order valence-electron chi connectivity index (χ4n) is 4.01. The van der Waals surface area contributed by atoms with Crippen LogP contribution in [0, 0.1) is 5.41 Å². The van der Waals surface area contributed by atoms with Gasteiger partial charge in [0.05, 0.1) is 0 Å². The molecule has 0 aromatic carbocycles. The summed E-state index contributed by atoms with van der Waals surface area (Å²) >= 11 is 0. The van der Waals surface area contributed by atoms with E-state index in [1.54, 1.807) is 5.67 Å². The van der Waals surface area contributed by atoms with Crippen molar-refractivity contribution in [1.82, 2.24) is 0 Å². The van der Waals surface area contributed by atoms with E-state index in [1.807, 2.05) is 0 Å². The number of allylic oxidation sites excluding steroid dienone is 1. The van der Waals surface area contributed by atoms with Crippen LogP contribution in [0.5, 0.6) is 0 Å². The third kappa shape index (κ3) is 8.49. The van der Waals surface area contributed by atoms with Crippen molar-refractivity contribution < 1.29 is 0 Å². The first-order chi connectivity index (χ1) is 7.68. The molecule has 0 amide bonds. The van der Waals surface area contributed by atoms with Crippen molar-refractivity contribution in [2.75, 3.05) is 0 Å². The fourth-order valence-corrected chi connectivity index (χ4v) is 21.4. The lowest BCUT2D eigenvalue weighted by Gasteiger charge is -2.40. The molecule has 0 saturated carbocycles. The van der Waals surface area contributed by atoms with E-state index in [-0.39, 0.29) is 0 Å². The summed E-state index contributed by atoms with van der Waals surface area (Å²) < 4.78 is 0. The Morgan fingerprint density at radius 3 is 1.56 bits per heavy atom. The fraction of sp³-hybridized carbons (Fsp3) is 0.867. The van der Waals surface area contributed by atoms with Crippen molar-refractivity contribution in [1.29, 1.82) is 0 Å². The summed E-state index contributed by atoms with van der Waals surface area (Å²) in [6.07, 6.45) is 2.27. The Morgan fingerprint density at radius 1 is 0.833 bits per heavy atom. The van der Waals surface area contributed by atoms with Crippen LogP contribution in [0.4, 0.5) is 0 Å². The molecule has 0 aliphatic carbocycles. The van der Waals surface area contributed by atoms with Gasteiger partial charge < -0.3 is 0 Å². The van der Waals surface area contributed by atoms with Gasteiger partial charge in [-0.15, -0.1) is 6.58 Å². The predicted molar refractivity (Wildman–Crippen MR) is 96.9 cm³/mol. The van der Waals surface area contributed by atoms with Gasteiger partial charge in [0.25, 0.3) is 0 Å². The first kappa shape index (κ1) is 18.4. The third-order valence-electron chi connectivity index (χ3n) is 3.32. The van der Waals surface area contributed by atoms with Gasteiger partial charge in [-0.25, -0.2) is 0 Å². The third-order valence-corrected chi connectivity index (χ3v) is 15.0. The Morgan fingerprint density at radius 2 is 1.28 bits per heavy atom. The SMILES string of the molecule is C=CC(C)(C[Si](C)(C)C)C[Si](C)(C)C[Si](C)(C)C. The zero-order valence-corrected chi connectivity index (χ0v) is 17.4. The van der Waals surface area contributed by atoms with E-state index in [0.717, 1.165) is 0 Å². The van der Waals surface area contributed by atoms with Crippen LogP contribution in [0.25, 0.3) is 0 Å². The van der Waals surface area contributed by atoms with E-state index in [1.165, 1.54) is 12.1 Å². The summed E-state index contributed by atoms with van der Waals surface area (Å²) in [5, 5.41) is 0. The molecule has 0 rings (SSSR count). The first-order valence-electron chi connectivity index (χ1n) is 7.32. The van der Waals surface area contributed by atoms with Gasteiger partial charge in [-0.3, -0.25) is 0 Å². The minimum absolute atomic E-state index is 0.389. The van der Waals surface area contributed by atoms with Gasteiger partial charge in [-0.1, -0.05) is 71.0 Å². The van der Waals surface area contributed by atoms with Crippen molar-refractivity contribution in [3.63, 3.8) is 0 Å². The minimum atomic E-state index is -1.08. The van der Waals surface area contributed by atoms with Gasteiger partial charge in [0.2, 0.25) is 0 Å². The molecule has 3 heteroatoms. The van der Waals surface area contributed by atoms with E-state index < -0.39 is 24.2 Å². The lowest BCUT2D eigenvalue weighted by Crippen LogP contribution is -2.42. The Bertz CT molecular complexity index is 281. The standard InChI is InChI=1S/C15H36Si3/c1-11-15(2,12-16(3,4)5)13-18(9,10)14-17(6,7)8/h11H,1,12-14H2,2-10H3. The van der Waals surface area contributed by atoms with Gasteiger partial charge >= 0.3 is 0 Å². The topological polar surface area (TPSA) is 0 Å². The van der Waals surface area contributed by atoms with Gasteiger partial charge in [-0.05, 0) is 17.5 Å². The molecule has 0 fully saturated rings. The maximum Gasteiger partial charge on any atom is 0.0455 e. The van der Waals surface area contributed by atoms with Crippen LogP contribution >= 0.6 is 0 Å². The highest BCUT2D eigenvalue weighted by Gasteiger charge is 2.37. The van der Waals surface area contributed by atoms with E-state index >= 15 is 0 Å². The Balaban J connectivity index is 4.85. The van der Waals surface area contributed by atoms with Crippen LogP contribution in [-0.4, -0.2) is 24.2 Å². The molecule has 0 aromatic heterocycles. The molecule has 0 saturated heterocycles. The first-order valence-corrected chi connectivity index (χ1v) is 18.1. The smallest absolute Gasteiger partial charge is 0.0455 e. The molecule has 0 aliphatic rings. The minimum Gasteiger partial charge on any atom is -0.103 e. The van der Waals surface area contributed by atoms with E-state index in [9.17, 15) is 0 Å². The molecule has 108 valence electrons. The average Bonchev–Trinajstić information content (AvgIpc) is 1.93. The molecule has 0 radical (unpaired) electrons. The summed E-state index contributed by atoms with van der Waals surface area (Å²) in [6.45, 7) is 26.8.